The number of benzene rings is 2. The van der Waals surface area contributed by atoms with Crippen LogP contribution in [0.5, 0.6) is 0 Å². The number of hydrogen-bond acceptors (Lipinski definition) is 1. The Kier molecular flexibility index (Phi) is 5.56. The molecule has 0 aliphatic heterocycles. The van der Waals surface area contributed by atoms with E-state index in [1.807, 2.05) is 19.2 Å². The first kappa shape index (κ1) is 14.5. The second-order valence-electron chi connectivity index (χ2n) is 4.70. The Morgan fingerprint density at radius 1 is 0.950 bits per heavy atom. The van der Waals surface area contributed by atoms with Crippen LogP contribution in [0.3, 0.4) is 0 Å². The molecule has 0 radical (unpaired) electrons. The fourth-order valence-corrected chi connectivity index (χ4v) is 2.28. The molecule has 0 aromatic heterocycles. The normalized spacial score (nSPS) is 10.1. The van der Waals surface area contributed by atoms with Crippen LogP contribution in [0.1, 0.15) is 11.1 Å². The molecule has 2 nitrogen and oxygen atoms in total. The highest BCUT2D eigenvalue weighted by Crippen LogP contribution is 2.07. The smallest absolute Gasteiger partial charge is 0.168 e. The lowest BCUT2D eigenvalue weighted by Crippen LogP contribution is -2.38. The highest BCUT2D eigenvalue weighted by Gasteiger charge is 2.08. The molecule has 0 atom stereocenters. The van der Waals surface area contributed by atoms with Crippen LogP contribution < -0.4 is 5.32 Å². The predicted molar refractivity (Wildman–Crippen MR) is 88.7 cm³/mol. The molecule has 1 N–H and O–H groups in total. The molecule has 0 heterocycles. The van der Waals surface area contributed by atoms with Crippen molar-refractivity contribution < 1.29 is 0 Å². The predicted octanol–water partition coefficient (Wildman–Crippen LogP) is 3.24. The number of nitrogens with one attached hydrogen (secondary N) is 1. The van der Waals surface area contributed by atoms with Gasteiger partial charge in [0.05, 0.1) is 0 Å². The number of rotatable bonds is 5. The number of nitrogens with zero attached hydrogens (tertiary/aromatic N) is 1. The first-order chi connectivity index (χ1) is 9.79. The molecule has 0 bridgehead atoms. The third kappa shape index (κ3) is 4.35. The Morgan fingerprint density at radius 2 is 1.50 bits per heavy atom. The van der Waals surface area contributed by atoms with Crippen molar-refractivity contribution in [1.82, 2.24) is 10.2 Å². The van der Waals surface area contributed by atoms with Gasteiger partial charge in [0.25, 0.3) is 0 Å². The van der Waals surface area contributed by atoms with E-state index in [1.165, 1.54) is 11.1 Å². The molecule has 0 aliphatic rings. The summed E-state index contributed by atoms with van der Waals surface area (Å²) in [6.45, 7) is 1.76. The van der Waals surface area contributed by atoms with Crippen LogP contribution >= 0.6 is 12.2 Å². The maximum absolute atomic E-state index is 5.41. The maximum atomic E-state index is 5.41. The molecule has 2 aromatic rings. The summed E-state index contributed by atoms with van der Waals surface area (Å²) in [5.74, 6) is 0. The third-order valence-electron chi connectivity index (χ3n) is 3.23. The molecule has 0 unspecified atom stereocenters. The minimum absolute atomic E-state index is 0.796. The minimum Gasteiger partial charge on any atom is -0.366 e. The van der Waals surface area contributed by atoms with Gasteiger partial charge >= 0.3 is 0 Å². The van der Waals surface area contributed by atoms with E-state index in [4.69, 9.17) is 12.2 Å². The molecule has 2 rings (SSSR count). The van der Waals surface area contributed by atoms with Crippen LogP contribution in [0.4, 0.5) is 0 Å². The van der Waals surface area contributed by atoms with Crippen molar-refractivity contribution in [3.63, 3.8) is 0 Å². The summed E-state index contributed by atoms with van der Waals surface area (Å²) in [6, 6.07) is 20.9. The van der Waals surface area contributed by atoms with E-state index in [0.717, 1.165) is 24.6 Å². The molecule has 104 valence electrons. The highest BCUT2D eigenvalue weighted by molar-refractivity contribution is 7.80. The van der Waals surface area contributed by atoms with Gasteiger partial charge in [-0.3, -0.25) is 0 Å². The van der Waals surface area contributed by atoms with Crippen molar-refractivity contribution in [1.29, 1.82) is 0 Å². The molecule has 0 saturated carbocycles. The average Bonchev–Trinajstić information content (AvgIpc) is 2.52. The lowest BCUT2D eigenvalue weighted by molar-refractivity contribution is 0.413. The fraction of sp³-hybridized carbons (Fsp3) is 0.235. The molecule has 0 aliphatic carbocycles. The SMILES string of the molecule is CNC(=S)N(CCc1ccccc1)Cc1ccccc1. The molecule has 0 saturated heterocycles. The quantitative estimate of drug-likeness (QED) is 0.849. The molecule has 3 heteroatoms. The zero-order valence-corrected chi connectivity index (χ0v) is 12.6. The molecule has 20 heavy (non-hydrogen) atoms. The molecular formula is C17H20N2S. The van der Waals surface area contributed by atoms with E-state index >= 15 is 0 Å². The molecule has 0 fully saturated rings. The Hall–Kier alpha value is -1.87. The number of thiocarbonyl (C=S) groups is 1. The van der Waals surface area contributed by atoms with E-state index in [-0.39, 0.29) is 0 Å². The third-order valence-corrected chi connectivity index (χ3v) is 3.69. The summed E-state index contributed by atoms with van der Waals surface area (Å²) < 4.78 is 0. The van der Waals surface area contributed by atoms with E-state index < -0.39 is 0 Å². The van der Waals surface area contributed by atoms with Crippen LogP contribution in [0.25, 0.3) is 0 Å². The maximum Gasteiger partial charge on any atom is 0.168 e. The lowest BCUT2D eigenvalue weighted by atomic mass is 10.1. The van der Waals surface area contributed by atoms with Crippen molar-refractivity contribution in [2.75, 3.05) is 13.6 Å². The van der Waals surface area contributed by atoms with E-state index in [2.05, 4.69) is 58.7 Å². The molecule has 0 spiro atoms. The van der Waals surface area contributed by atoms with Crippen LogP contribution in [-0.4, -0.2) is 23.6 Å². The largest absolute Gasteiger partial charge is 0.366 e. The summed E-state index contributed by atoms with van der Waals surface area (Å²) in [4.78, 5) is 2.21. The van der Waals surface area contributed by atoms with E-state index in [9.17, 15) is 0 Å². The van der Waals surface area contributed by atoms with Gasteiger partial charge in [0.2, 0.25) is 0 Å². The monoisotopic (exact) mass is 284 g/mol. The summed E-state index contributed by atoms with van der Waals surface area (Å²) in [7, 11) is 1.88. The Balaban J connectivity index is 1.99. The topological polar surface area (TPSA) is 15.3 Å². The van der Waals surface area contributed by atoms with Gasteiger partial charge in [-0.1, -0.05) is 60.7 Å². The van der Waals surface area contributed by atoms with Crippen LogP contribution in [0.2, 0.25) is 0 Å². The van der Waals surface area contributed by atoms with Crippen molar-refractivity contribution in [2.24, 2.45) is 0 Å². The summed E-state index contributed by atoms with van der Waals surface area (Å²) in [5, 5.41) is 3.88. The minimum atomic E-state index is 0.796. The van der Waals surface area contributed by atoms with Crippen molar-refractivity contribution in [2.45, 2.75) is 13.0 Å². The highest BCUT2D eigenvalue weighted by atomic mass is 32.1. The summed E-state index contributed by atoms with van der Waals surface area (Å²) in [6.07, 6.45) is 0.996. The van der Waals surface area contributed by atoms with E-state index in [1.54, 1.807) is 0 Å². The van der Waals surface area contributed by atoms with Gasteiger partial charge in [0.15, 0.2) is 5.11 Å². The van der Waals surface area contributed by atoms with Gasteiger partial charge in [-0.15, -0.1) is 0 Å². The van der Waals surface area contributed by atoms with Crippen molar-refractivity contribution in [3.05, 3.63) is 71.8 Å². The molecule has 2 aromatic carbocycles. The number of hydrogen-bond donors (Lipinski definition) is 1. The summed E-state index contributed by atoms with van der Waals surface area (Å²) >= 11 is 5.41. The van der Waals surface area contributed by atoms with Gasteiger partial charge in [0, 0.05) is 20.1 Å². The summed E-state index contributed by atoms with van der Waals surface area (Å²) in [5.41, 5.74) is 2.61. The van der Waals surface area contributed by atoms with Crippen LogP contribution in [0.15, 0.2) is 60.7 Å². The Morgan fingerprint density at radius 3 is 2.05 bits per heavy atom. The zero-order valence-electron chi connectivity index (χ0n) is 11.8. The van der Waals surface area contributed by atoms with Crippen LogP contribution in [0, 0.1) is 0 Å². The average molecular weight is 284 g/mol. The van der Waals surface area contributed by atoms with E-state index in [0.29, 0.717) is 0 Å². The second kappa shape index (κ2) is 7.65. The van der Waals surface area contributed by atoms with Crippen molar-refractivity contribution in [3.8, 4) is 0 Å². The zero-order chi connectivity index (χ0) is 14.2. The van der Waals surface area contributed by atoms with Gasteiger partial charge < -0.3 is 10.2 Å². The van der Waals surface area contributed by atoms with Gasteiger partial charge in [0.1, 0.15) is 0 Å². The van der Waals surface area contributed by atoms with Gasteiger partial charge in [-0.2, -0.15) is 0 Å². The van der Waals surface area contributed by atoms with Gasteiger partial charge in [-0.05, 0) is 29.8 Å². The Bertz CT molecular complexity index is 525. The first-order valence-electron chi connectivity index (χ1n) is 6.84. The second-order valence-corrected chi connectivity index (χ2v) is 5.08. The lowest BCUT2D eigenvalue weighted by Gasteiger charge is -2.25. The standard InChI is InChI=1S/C17H20N2S/c1-18-17(20)19(14-16-10-6-3-7-11-16)13-12-15-8-4-2-5-9-15/h2-11H,12-14H2,1H3,(H,18,20). The fourth-order valence-electron chi connectivity index (χ4n) is 2.12. The van der Waals surface area contributed by atoms with Crippen molar-refractivity contribution >= 4 is 17.3 Å². The van der Waals surface area contributed by atoms with Crippen LogP contribution in [-0.2, 0) is 13.0 Å². The Labute approximate surface area is 126 Å². The van der Waals surface area contributed by atoms with Gasteiger partial charge in [-0.25, -0.2) is 0 Å². The first-order valence-corrected chi connectivity index (χ1v) is 7.25. The molecule has 0 amide bonds. The molecular weight excluding hydrogens is 264 g/mol.